The monoisotopic (exact) mass is 256 g/mol. The molecule has 1 heterocycles. The highest BCUT2D eigenvalue weighted by atomic mass is 16.2. The number of nitrogens with one attached hydrogen (secondary N) is 1. The fraction of sp³-hybridized carbons (Fsp3) is 1.00. The molecule has 0 bridgehead atoms. The van der Waals surface area contributed by atoms with Gasteiger partial charge in [0, 0.05) is 12.6 Å². The van der Waals surface area contributed by atoms with E-state index in [4.69, 9.17) is 5.11 Å². The van der Waals surface area contributed by atoms with Gasteiger partial charge in [-0.1, -0.05) is 19.8 Å². The third-order valence-electron chi connectivity index (χ3n) is 4.34. The Morgan fingerprint density at radius 3 is 2.44 bits per heavy atom. The standard InChI is InChI=1S/C15H32N2O/c1-3-17-11-8-15(9-12-17)14(2)16-10-6-4-5-7-13-18/h14-16,18H,3-13H2,1-2H3. The van der Waals surface area contributed by atoms with Crippen molar-refractivity contribution < 1.29 is 5.11 Å². The van der Waals surface area contributed by atoms with Gasteiger partial charge in [-0.25, -0.2) is 0 Å². The summed E-state index contributed by atoms with van der Waals surface area (Å²) < 4.78 is 0. The third kappa shape index (κ3) is 6.17. The van der Waals surface area contributed by atoms with E-state index in [9.17, 15) is 0 Å². The van der Waals surface area contributed by atoms with E-state index in [2.05, 4.69) is 24.1 Å². The summed E-state index contributed by atoms with van der Waals surface area (Å²) in [6.07, 6.45) is 7.33. The van der Waals surface area contributed by atoms with Crippen LogP contribution in [-0.4, -0.2) is 48.8 Å². The number of aliphatic hydroxyl groups excluding tert-OH is 1. The summed E-state index contributed by atoms with van der Waals surface area (Å²) in [7, 11) is 0. The van der Waals surface area contributed by atoms with Gasteiger partial charge in [0.1, 0.15) is 0 Å². The van der Waals surface area contributed by atoms with Crippen molar-refractivity contribution in [3.05, 3.63) is 0 Å². The molecule has 3 heteroatoms. The molecule has 18 heavy (non-hydrogen) atoms. The summed E-state index contributed by atoms with van der Waals surface area (Å²) in [5, 5.41) is 12.4. The lowest BCUT2D eigenvalue weighted by molar-refractivity contribution is 0.169. The molecule has 0 amide bonds. The van der Waals surface area contributed by atoms with Gasteiger partial charge in [-0.15, -0.1) is 0 Å². The normalized spacial score (nSPS) is 20.2. The average Bonchev–Trinajstić information content (AvgIpc) is 2.42. The lowest BCUT2D eigenvalue weighted by Gasteiger charge is -2.34. The van der Waals surface area contributed by atoms with Crippen LogP contribution in [0, 0.1) is 5.92 Å². The third-order valence-corrected chi connectivity index (χ3v) is 4.34. The highest BCUT2D eigenvalue weighted by molar-refractivity contribution is 4.79. The SMILES string of the molecule is CCN1CCC(C(C)NCCCCCCO)CC1. The van der Waals surface area contributed by atoms with Gasteiger partial charge in [0.25, 0.3) is 0 Å². The smallest absolute Gasteiger partial charge is 0.0431 e. The van der Waals surface area contributed by atoms with E-state index in [0.717, 1.165) is 18.9 Å². The minimum atomic E-state index is 0.347. The molecule has 0 saturated carbocycles. The van der Waals surface area contributed by atoms with Crippen LogP contribution in [0.1, 0.15) is 52.4 Å². The molecule has 3 nitrogen and oxygen atoms in total. The van der Waals surface area contributed by atoms with Crippen LogP contribution in [0.3, 0.4) is 0 Å². The Hall–Kier alpha value is -0.120. The van der Waals surface area contributed by atoms with E-state index >= 15 is 0 Å². The second-order valence-electron chi connectivity index (χ2n) is 5.65. The van der Waals surface area contributed by atoms with Crippen molar-refractivity contribution >= 4 is 0 Å². The van der Waals surface area contributed by atoms with Gasteiger partial charge in [0.15, 0.2) is 0 Å². The van der Waals surface area contributed by atoms with Crippen LogP contribution < -0.4 is 5.32 Å². The molecule has 0 spiro atoms. The van der Waals surface area contributed by atoms with Crippen molar-refractivity contribution in [3.63, 3.8) is 0 Å². The molecular weight excluding hydrogens is 224 g/mol. The minimum absolute atomic E-state index is 0.347. The quantitative estimate of drug-likeness (QED) is 0.621. The van der Waals surface area contributed by atoms with Crippen molar-refractivity contribution in [2.24, 2.45) is 5.92 Å². The predicted molar refractivity (Wildman–Crippen MR) is 77.9 cm³/mol. The molecule has 1 aliphatic heterocycles. The van der Waals surface area contributed by atoms with E-state index in [0.29, 0.717) is 12.6 Å². The summed E-state index contributed by atoms with van der Waals surface area (Å²) in [5.41, 5.74) is 0. The van der Waals surface area contributed by atoms with Crippen molar-refractivity contribution in [1.29, 1.82) is 0 Å². The first-order chi connectivity index (χ1) is 8.77. The number of piperidine rings is 1. The lowest BCUT2D eigenvalue weighted by atomic mass is 9.90. The van der Waals surface area contributed by atoms with E-state index in [1.165, 1.54) is 51.7 Å². The van der Waals surface area contributed by atoms with E-state index in [1.807, 2.05) is 0 Å². The summed E-state index contributed by atoms with van der Waals surface area (Å²) in [6, 6.07) is 0.668. The Labute approximate surface area is 113 Å². The van der Waals surface area contributed by atoms with Crippen molar-refractivity contribution in [2.75, 3.05) is 32.8 Å². The molecular formula is C15H32N2O. The molecule has 1 saturated heterocycles. The number of rotatable bonds is 9. The highest BCUT2D eigenvalue weighted by Gasteiger charge is 2.22. The molecule has 0 aromatic carbocycles. The average molecular weight is 256 g/mol. The maximum absolute atomic E-state index is 8.70. The summed E-state index contributed by atoms with van der Waals surface area (Å²) in [5.74, 6) is 0.866. The topological polar surface area (TPSA) is 35.5 Å². The van der Waals surface area contributed by atoms with Gasteiger partial charge in [0.05, 0.1) is 0 Å². The molecule has 0 aromatic heterocycles. The van der Waals surface area contributed by atoms with Gasteiger partial charge in [-0.3, -0.25) is 0 Å². The van der Waals surface area contributed by atoms with Crippen molar-refractivity contribution in [1.82, 2.24) is 10.2 Å². The first-order valence-corrected chi connectivity index (χ1v) is 7.84. The Bertz CT molecular complexity index is 191. The van der Waals surface area contributed by atoms with Gasteiger partial charge in [-0.2, -0.15) is 0 Å². The van der Waals surface area contributed by atoms with Gasteiger partial charge >= 0.3 is 0 Å². The molecule has 108 valence electrons. The number of aliphatic hydroxyl groups is 1. The maximum Gasteiger partial charge on any atom is 0.0431 e. The van der Waals surface area contributed by atoms with Crippen LogP contribution in [-0.2, 0) is 0 Å². The fourth-order valence-electron chi connectivity index (χ4n) is 2.86. The van der Waals surface area contributed by atoms with Crippen molar-refractivity contribution in [2.45, 2.75) is 58.4 Å². The van der Waals surface area contributed by atoms with Crippen molar-refractivity contribution in [3.8, 4) is 0 Å². The zero-order valence-electron chi connectivity index (χ0n) is 12.3. The largest absolute Gasteiger partial charge is 0.396 e. The lowest BCUT2D eigenvalue weighted by Crippen LogP contribution is -2.42. The van der Waals surface area contributed by atoms with Crippen LogP contribution >= 0.6 is 0 Å². The molecule has 1 rings (SSSR count). The number of likely N-dealkylation sites (tertiary alicyclic amines) is 1. The summed E-state index contributed by atoms with van der Waals surface area (Å²) in [4.78, 5) is 2.55. The zero-order chi connectivity index (χ0) is 13.2. The van der Waals surface area contributed by atoms with Gasteiger partial charge in [-0.05, 0) is 64.7 Å². The molecule has 1 atom stereocenters. The molecule has 1 unspecified atom stereocenters. The van der Waals surface area contributed by atoms with E-state index < -0.39 is 0 Å². The number of hydrogen-bond acceptors (Lipinski definition) is 3. The van der Waals surface area contributed by atoms with E-state index in [-0.39, 0.29) is 0 Å². The van der Waals surface area contributed by atoms with Crippen LogP contribution in [0.25, 0.3) is 0 Å². The van der Waals surface area contributed by atoms with Crippen LogP contribution in [0.2, 0.25) is 0 Å². The summed E-state index contributed by atoms with van der Waals surface area (Å²) in [6.45, 7) is 9.86. The molecule has 2 N–H and O–H groups in total. The van der Waals surface area contributed by atoms with Crippen LogP contribution in [0.5, 0.6) is 0 Å². The molecule has 1 fully saturated rings. The summed E-state index contributed by atoms with van der Waals surface area (Å²) >= 11 is 0. The predicted octanol–water partition coefficient (Wildman–Crippen LogP) is 2.25. The maximum atomic E-state index is 8.70. The second kappa shape index (κ2) is 9.76. The van der Waals surface area contributed by atoms with Crippen LogP contribution in [0.15, 0.2) is 0 Å². The molecule has 0 radical (unpaired) electrons. The number of unbranched alkanes of at least 4 members (excludes halogenated alkanes) is 3. The minimum Gasteiger partial charge on any atom is -0.396 e. The first-order valence-electron chi connectivity index (χ1n) is 7.84. The highest BCUT2D eigenvalue weighted by Crippen LogP contribution is 2.20. The Morgan fingerprint density at radius 2 is 1.83 bits per heavy atom. The van der Waals surface area contributed by atoms with Crippen LogP contribution in [0.4, 0.5) is 0 Å². The fourth-order valence-corrected chi connectivity index (χ4v) is 2.86. The Balaban J connectivity index is 2.01. The van der Waals surface area contributed by atoms with Gasteiger partial charge < -0.3 is 15.3 Å². The molecule has 1 aliphatic rings. The molecule has 0 aromatic rings. The van der Waals surface area contributed by atoms with E-state index in [1.54, 1.807) is 0 Å². The number of hydrogen-bond donors (Lipinski definition) is 2. The zero-order valence-corrected chi connectivity index (χ0v) is 12.3. The Kier molecular flexibility index (Phi) is 8.64. The Morgan fingerprint density at radius 1 is 1.17 bits per heavy atom. The number of nitrogens with zero attached hydrogens (tertiary/aromatic N) is 1. The second-order valence-corrected chi connectivity index (χ2v) is 5.65. The van der Waals surface area contributed by atoms with Gasteiger partial charge in [0.2, 0.25) is 0 Å². The first kappa shape index (κ1) is 15.9. The molecule has 0 aliphatic carbocycles.